The maximum atomic E-state index is 11.8. The molecule has 0 bridgehead atoms. The van der Waals surface area contributed by atoms with Gasteiger partial charge in [-0.15, -0.1) is 0 Å². The van der Waals surface area contributed by atoms with Crippen LogP contribution in [0.4, 0.5) is 0 Å². The molecule has 0 aliphatic heterocycles. The molecule has 3 heteroatoms. The van der Waals surface area contributed by atoms with E-state index in [1.54, 1.807) is 0 Å². The van der Waals surface area contributed by atoms with E-state index < -0.39 is 0 Å². The van der Waals surface area contributed by atoms with Gasteiger partial charge < -0.3 is 9.47 Å². The Morgan fingerprint density at radius 2 is 1.25 bits per heavy atom. The third-order valence-corrected chi connectivity index (χ3v) is 5.60. The van der Waals surface area contributed by atoms with Crippen molar-refractivity contribution in [3.05, 3.63) is 0 Å². The van der Waals surface area contributed by atoms with Gasteiger partial charge in [-0.05, 0) is 26.2 Å². The molecule has 3 nitrogen and oxygen atoms in total. The molecule has 0 heterocycles. The third-order valence-electron chi connectivity index (χ3n) is 5.60. The van der Waals surface area contributed by atoms with Gasteiger partial charge in [-0.1, -0.05) is 104 Å². The second-order valence-electron chi connectivity index (χ2n) is 8.63. The summed E-state index contributed by atoms with van der Waals surface area (Å²) in [7, 11) is 0. The molecule has 0 radical (unpaired) electrons. The van der Waals surface area contributed by atoms with E-state index in [4.69, 9.17) is 9.47 Å². The summed E-state index contributed by atoms with van der Waals surface area (Å²) >= 11 is 0. The summed E-state index contributed by atoms with van der Waals surface area (Å²) in [6.07, 6.45) is 20.9. The van der Waals surface area contributed by atoms with E-state index in [1.807, 2.05) is 13.8 Å². The Labute approximate surface area is 176 Å². The smallest absolute Gasteiger partial charge is 0.305 e. The van der Waals surface area contributed by atoms with Gasteiger partial charge in [0.25, 0.3) is 0 Å². The van der Waals surface area contributed by atoms with Crippen molar-refractivity contribution >= 4 is 5.97 Å². The van der Waals surface area contributed by atoms with Crippen LogP contribution >= 0.6 is 0 Å². The normalized spacial score (nSPS) is 12.5. The van der Waals surface area contributed by atoms with Crippen LogP contribution < -0.4 is 0 Å². The topological polar surface area (TPSA) is 35.5 Å². The molecule has 0 N–H and O–H groups in total. The molecule has 28 heavy (non-hydrogen) atoms. The van der Waals surface area contributed by atoms with Gasteiger partial charge in [0, 0.05) is 6.42 Å². The van der Waals surface area contributed by atoms with E-state index in [2.05, 4.69) is 13.8 Å². The average molecular weight is 399 g/mol. The van der Waals surface area contributed by atoms with Crippen LogP contribution in [0.25, 0.3) is 0 Å². The second kappa shape index (κ2) is 21.1. The summed E-state index contributed by atoms with van der Waals surface area (Å²) in [6.45, 7) is 9.38. The summed E-state index contributed by atoms with van der Waals surface area (Å²) < 4.78 is 10.6. The van der Waals surface area contributed by atoms with Crippen LogP contribution in [0.3, 0.4) is 0 Å². The standard InChI is InChI=1S/C25H50O3/c1-5-7-8-9-10-11-12-13-14-15-16-17-18-24(6-2)19-20-25(26)28-22-21-27-23(3)4/h23-24H,5-22H2,1-4H3. The molecule has 0 aromatic heterocycles. The van der Waals surface area contributed by atoms with E-state index >= 15 is 0 Å². The van der Waals surface area contributed by atoms with Crippen LogP contribution in [0, 0.1) is 5.92 Å². The Bertz CT molecular complexity index is 328. The average Bonchev–Trinajstić information content (AvgIpc) is 2.68. The van der Waals surface area contributed by atoms with Crippen molar-refractivity contribution in [2.75, 3.05) is 13.2 Å². The zero-order chi connectivity index (χ0) is 20.9. The minimum absolute atomic E-state index is 0.0690. The fourth-order valence-electron chi connectivity index (χ4n) is 3.66. The molecule has 0 rings (SSSR count). The number of ether oxygens (including phenoxy) is 2. The number of hydrogen-bond acceptors (Lipinski definition) is 3. The van der Waals surface area contributed by atoms with Crippen molar-refractivity contribution in [3.8, 4) is 0 Å². The lowest BCUT2D eigenvalue weighted by Gasteiger charge is -2.14. The zero-order valence-electron chi connectivity index (χ0n) is 19.6. The van der Waals surface area contributed by atoms with Gasteiger partial charge in [-0.3, -0.25) is 4.79 Å². The number of carbonyl (C=O) groups excluding carboxylic acids is 1. The highest BCUT2D eigenvalue weighted by molar-refractivity contribution is 5.69. The summed E-state index contributed by atoms with van der Waals surface area (Å²) in [5, 5.41) is 0. The predicted octanol–water partition coefficient (Wildman–Crippen LogP) is 7.85. The van der Waals surface area contributed by atoms with E-state index in [1.165, 1.54) is 89.9 Å². The van der Waals surface area contributed by atoms with Crippen molar-refractivity contribution in [2.24, 2.45) is 5.92 Å². The summed E-state index contributed by atoms with van der Waals surface area (Å²) in [4.78, 5) is 11.8. The molecular weight excluding hydrogens is 348 g/mol. The molecule has 1 unspecified atom stereocenters. The number of hydrogen-bond donors (Lipinski definition) is 0. The molecule has 0 saturated heterocycles. The summed E-state index contributed by atoms with van der Waals surface area (Å²) in [5.41, 5.74) is 0. The Kier molecular flexibility index (Phi) is 20.7. The van der Waals surface area contributed by atoms with Crippen LogP contribution in [0.2, 0.25) is 0 Å². The number of esters is 1. The highest BCUT2D eigenvalue weighted by atomic mass is 16.6. The zero-order valence-corrected chi connectivity index (χ0v) is 19.6. The molecule has 168 valence electrons. The van der Waals surface area contributed by atoms with E-state index in [9.17, 15) is 4.79 Å². The predicted molar refractivity (Wildman–Crippen MR) is 121 cm³/mol. The second-order valence-corrected chi connectivity index (χ2v) is 8.63. The molecular formula is C25H50O3. The first-order valence-corrected chi connectivity index (χ1v) is 12.4. The van der Waals surface area contributed by atoms with E-state index in [-0.39, 0.29) is 12.1 Å². The Balaban J connectivity index is 3.44. The van der Waals surface area contributed by atoms with Crippen molar-refractivity contribution in [1.29, 1.82) is 0 Å². The Morgan fingerprint density at radius 3 is 1.75 bits per heavy atom. The van der Waals surface area contributed by atoms with Gasteiger partial charge >= 0.3 is 5.97 Å². The quantitative estimate of drug-likeness (QED) is 0.146. The first kappa shape index (κ1) is 27.4. The Hall–Kier alpha value is -0.570. The van der Waals surface area contributed by atoms with Gasteiger partial charge in [-0.25, -0.2) is 0 Å². The minimum atomic E-state index is -0.0690. The lowest BCUT2D eigenvalue weighted by molar-refractivity contribution is -0.146. The van der Waals surface area contributed by atoms with Crippen LogP contribution in [-0.2, 0) is 14.3 Å². The maximum absolute atomic E-state index is 11.8. The SMILES string of the molecule is CCCCCCCCCCCCCCC(CC)CCC(=O)OCCOC(C)C. The maximum Gasteiger partial charge on any atom is 0.305 e. The third kappa shape index (κ3) is 20.2. The van der Waals surface area contributed by atoms with Crippen LogP contribution in [0.15, 0.2) is 0 Å². The van der Waals surface area contributed by atoms with Gasteiger partial charge in [0.05, 0.1) is 12.7 Å². The number of rotatable bonds is 21. The summed E-state index contributed by atoms with van der Waals surface area (Å²) in [6, 6.07) is 0. The van der Waals surface area contributed by atoms with Crippen LogP contribution in [0.1, 0.15) is 130 Å². The van der Waals surface area contributed by atoms with Crippen molar-refractivity contribution in [1.82, 2.24) is 0 Å². The van der Waals surface area contributed by atoms with Crippen molar-refractivity contribution in [2.45, 2.75) is 137 Å². The molecule has 0 amide bonds. The molecule has 1 atom stereocenters. The molecule has 0 aliphatic carbocycles. The van der Waals surface area contributed by atoms with Crippen molar-refractivity contribution in [3.63, 3.8) is 0 Å². The molecule has 0 saturated carbocycles. The van der Waals surface area contributed by atoms with Gasteiger partial charge in [0.2, 0.25) is 0 Å². The fraction of sp³-hybridized carbons (Fsp3) is 0.960. The largest absolute Gasteiger partial charge is 0.463 e. The van der Waals surface area contributed by atoms with E-state index in [0.29, 0.717) is 25.6 Å². The lowest BCUT2D eigenvalue weighted by atomic mass is 9.93. The minimum Gasteiger partial charge on any atom is -0.463 e. The van der Waals surface area contributed by atoms with E-state index in [0.717, 1.165) is 6.42 Å². The Morgan fingerprint density at radius 1 is 0.714 bits per heavy atom. The molecule has 0 spiro atoms. The van der Waals surface area contributed by atoms with Crippen LogP contribution in [0.5, 0.6) is 0 Å². The molecule has 0 aliphatic rings. The number of carbonyl (C=O) groups is 1. The molecule has 0 aromatic rings. The first-order chi connectivity index (χ1) is 13.6. The first-order valence-electron chi connectivity index (χ1n) is 12.4. The van der Waals surface area contributed by atoms with Crippen LogP contribution in [-0.4, -0.2) is 25.3 Å². The fourth-order valence-corrected chi connectivity index (χ4v) is 3.66. The lowest BCUT2D eigenvalue weighted by Crippen LogP contribution is -2.14. The van der Waals surface area contributed by atoms with Gasteiger partial charge in [0.15, 0.2) is 0 Å². The highest BCUT2D eigenvalue weighted by Gasteiger charge is 2.10. The van der Waals surface area contributed by atoms with Crippen molar-refractivity contribution < 1.29 is 14.3 Å². The van der Waals surface area contributed by atoms with Gasteiger partial charge in [0.1, 0.15) is 6.61 Å². The highest BCUT2D eigenvalue weighted by Crippen LogP contribution is 2.20. The molecule has 0 aromatic carbocycles. The van der Waals surface area contributed by atoms with Gasteiger partial charge in [-0.2, -0.15) is 0 Å². The number of unbranched alkanes of at least 4 members (excludes halogenated alkanes) is 11. The summed E-state index contributed by atoms with van der Waals surface area (Å²) in [5.74, 6) is 0.600. The monoisotopic (exact) mass is 398 g/mol. The molecule has 0 fully saturated rings.